The lowest BCUT2D eigenvalue weighted by Gasteiger charge is -2.12. The maximum absolute atomic E-state index is 11.7. The average Bonchev–Trinajstić information content (AvgIpc) is 3.01. The van der Waals surface area contributed by atoms with Gasteiger partial charge in [0.2, 0.25) is 0 Å². The SMILES string of the molecule is Cc1nn(C2CCS(=O)(=O)C2)c(C)c1CNCc1ccccc1. The molecular formula is C17H23N3O2S. The molecule has 1 atom stereocenters. The van der Waals surface area contributed by atoms with Gasteiger partial charge in [0, 0.05) is 24.3 Å². The highest BCUT2D eigenvalue weighted by molar-refractivity contribution is 7.91. The molecule has 1 fully saturated rings. The van der Waals surface area contributed by atoms with Crippen LogP contribution in [0.3, 0.4) is 0 Å². The fraction of sp³-hybridized carbons (Fsp3) is 0.471. The van der Waals surface area contributed by atoms with Crippen molar-refractivity contribution in [2.45, 2.75) is 39.4 Å². The summed E-state index contributed by atoms with van der Waals surface area (Å²) in [6.45, 7) is 5.58. The quantitative estimate of drug-likeness (QED) is 0.911. The molecule has 0 saturated carbocycles. The van der Waals surface area contributed by atoms with Crippen LogP contribution in [0.5, 0.6) is 0 Å². The van der Waals surface area contributed by atoms with Crippen molar-refractivity contribution in [2.24, 2.45) is 0 Å². The molecule has 3 rings (SSSR count). The van der Waals surface area contributed by atoms with Crippen molar-refractivity contribution in [2.75, 3.05) is 11.5 Å². The first-order valence-electron chi connectivity index (χ1n) is 7.96. The van der Waals surface area contributed by atoms with Gasteiger partial charge < -0.3 is 5.32 Å². The second-order valence-electron chi connectivity index (χ2n) is 6.24. The first-order valence-corrected chi connectivity index (χ1v) is 9.78. The molecule has 1 aromatic carbocycles. The Kier molecular flexibility index (Phi) is 4.55. The van der Waals surface area contributed by atoms with Gasteiger partial charge in [0.15, 0.2) is 9.84 Å². The van der Waals surface area contributed by atoms with Gasteiger partial charge in [-0.3, -0.25) is 4.68 Å². The molecule has 1 aliphatic rings. The molecule has 2 aromatic rings. The minimum absolute atomic E-state index is 0.0124. The number of hydrogen-bond acceptors (Lipinski definition) is 4. The molecule has 0 aliphatic carbocycles. The second-order valence-corrected chi connectivity index (χ2v) is 8.47. The van der Waals surface area contributed by atoms with Crippen LogP contribution in [-0.2, 0) is 22.9 Å². The van der Waals surface area contributed by atoms with Crippen molar-refractivity contribution in [1.29, 1.82) is 0 Å². The second kappa shape index (κ2) is 6.45. The molecular weight excluding hydrogens is 310 g/mol. The van der Waals surface area contributed by atoms with E-state index < -0.39 is 9.84 Å². The number of sulfone groups is 1. The molecule has 1 N–H and O–H groups in total. The maximum Gasteiger partial charge on any atom is 0.152 e. The Morgan fingerprint density at radius 2 is 1.96 bits per heavy atom. The lowest BCUT2D eigenvalue weighted by molar-refractivity contribution is 0.485. The highest BCUT2D eigenvalue weighted by Crippen LogP contribution is 2.26. The average molecular weight is 333 g/mol. The van der Waals surface area contributed by atoms with Crippen LogP contribution in [0, 0.1) is 13.8 Å². The number of nitrogens with zero attached hydrogens (tertiary/aromatic N) is 2. The molecule has 1 saturated heterocycles. The largest absolute Gasteiger partial charge is 0.308 e. The number of rotatable bonds is 5. The first-order chi connectivity index (χ1) is 11.0. The van der Waals surface area contributed by atoms with Crippen molar-refractivity contribution >= 4 is 9.84 Å². The molecule has 1 unspecified atom stereocenters. The number of aryl methyl sites for hydroxylation is 1. The maximum atomic E-state index is 11.7. The molecule has 0 radical (unpaired) electrons. The Bertz CT molecular complexity index is 782. The van der Waals surface area contributed by atoms with E-state index >= 15 is 0 Å². The molecule has 0 spiro atoms. The molecule has 124 valence electrons. The third kappa shape index (κ3) is 3.64. The van der Waals surface area contributed by atoms with E-state index in [0.717, 1.165) is 24.5 Å². The van der Waals surface area contributed by atoms with Crippen molar-refractivity contribution in [3.8, 4) is 0 Å². The highest BCUT2D eigenvalue weighted by atomic mass is 32.2. The fourth-order valence-electron chi connectivity index (χ4n) is 3.20. The van der Waals surface area contributed by atoms with E-state index in [2.05, 4.69) is 22.5 Å². The van der Waals surface area contributed by atoms with E-state index in [1.807, 2.05) is 36.7 Å². The van der Waals surface area contributed by atoms with Crippen LogP contribution in [0.25, 0.3) is 0 Å². The van der Waals surface area contributed by atoms with Gasteiger partial charge in [0.05, 0.1) is 23.2 Å². The van der Waals surface area contributed by atoms with Crippen LogP contribution >= 0.6 is 0 Å². The summed E-state index contributed by atoms with van der Waals surface area (Å²) >= 11 is 0. The Labute approximate surface area is 137 Å². The van der Waals surface area contributed by atoms with Crippen molar-refractivity contribution in [3.05, 3.63) is 52.8 Å². The number of benzene rings is 1. The molecule has 0 bridgehead atoms. The van der Waals surface area contributed by atoms with E-state index in [4.69, 9.17) is 0 Å². The summed E-state index contributed by atoms with van der Waals surface area (Å²) < 4.78 is 25.3. The molecule has 23 heavy (non-hydrogen) atoms. The van der Waals surface area contributed by atoms with Crippen LogP contribution < -0.4 is 5.32 Å². The van der Waals surface area contributed by atoms with E-state index in [1.165, 1.54) is 11.1 Å². The number of aromatic nitrogens is 2. The van der Waals surface area contributed by atoms with Gasteiger partial charge in [-0.1, -0.05) is 30.3 Å². The lowest BCUT2D eigenvalue weighted by atomic mass is 10.1. The van der Waals surface area contributed by atoms with E-state index in [9.17, 15) is 8.42 Å². The summed E-state index contributed by atoms with van der Waals surface area (Å²) in [5.41, 5.74) is 4.47. The summed E-state index contributed by atoms with van der Waals surface area (Å²) in [7, 11) is -2.89. The number of hydrogen-bond donors (Lipinski definition) is 1. The summed E-state index contributed by atoms with van der Waals surface area (Å²) in [5, 5.41) is 8.04. The molecule has 5 nitrogen and oxygen atoms in total. The van der Waals surface area contributed by atoms with Gasteiger partial charge in [0.25, 0.3) is 0 Å². The smallest absolute Gasteiger partial charge is 0.152 e. The van der Waals surface area contributed by atoms with Crippen LogP contribution in [-0.4, -0.2) is 29.7 Å². The minimum atomic E-state index is -2.89. The van der Waals surface area contributed by atoms with Gasteiger partial charge in [0.1, 0.15) is 0 Å². The fourth-order valence-corrected chi connectivity index (χ4v) is 4.90. The third-order valence-electron chi connectivity index (χ3n) is 4.50. The van der Waals surface area contributed by atoms with Crippen molar-refractivity contribution in [3.63, 3.8) is 0 Å². The van der Waals surface area contributed by atoms with Gasteiger partial charge >= 0.3 is 0 Å². The Morgan fingerprint density at radius 3 is 2.61 bits per heavy atom. The van der Waals surface area contributed by atoms with Crippen LogP contribution in [0.15, 0.2) is 30.3 Å². The predicted octanol–water partition coefficient (Wildman–Crippen LogP) is 2.15. The Hall–Kier alpha value is -1.66. The molecule has 0 amide bonds. The number of nitrogens with one attached hydrogen (secondary N) is 1. The molecule has 2 heterocycles. The summed E-state index contributed by atoms with van der Waals surface area (Å²) in [6.07, 6.45) is 0.668. The minimum Gasteiger partial charge on any atom is -0.308 e. The van der Waals surface area contributed by atoms with Crippen molar-refractivity contribution < 1.29 is 8.42 Å². The molecule has 1 aliphatic heterocycles. The highest BCUT2D eigenvalue weighted by Gasteiger charge is 2.31. The zero-order valence-corrected chi connectivity index (χ0v) is 14.4. The Morgan fingerprint density at radius 1 is 1.22 bits per heavy atom. The van der Waals surface area contributed by atoms with Gasteiger partial charge in [-0.05, 0) is 25.8 Å². The van der Waals surface area contributed by atoms with E-state index in [-0.39, 0.29) is 17.5 Å². The van der Waals surface area contributed by atoms with Gasteiger partial charge in [-0.15, -0.1) is 0 Å². The van der Waals surface area contributed by atoms with Crippen molar-refractivity contribution in [1.82, 2.24) is 15.1 Å². The summed E-state index contributed by atoms with van der Waals surface area (Å²) in [4.78, 5) is 0. The van der Waals surface area contributed by atoms with Gasteiger partial charge in [-0.25, -0.2) is 8.42 Å². The topological polar surface area (TPSA) is 64.0 Å². The molecule has 1 aromatic heterocycles. The first kappa shape index (κ1) is 16.2. The summed E-state index contributed by atoms with van der Waals surface area (Å²) in [6, 6.07) is 10.3. The monoisotopic (exact) mass is 333 g/mol. The van der Waals surface area contributed by atoms with Gasteiger partial charge in [-0.2, -0.15) is 5.10 Å². The lowest BCUT2D eigenvalue weighted by Crippen LogP contribution is -2.16. The van der Waals surface area contributed by atoms with Crippen LogP contribution in [0.2, 0.25) is 0 Å². The normalized spacial score (nSPS) is 20.0. The summed E-state index contributed by atoms with van der Waals surface area (Å²) in [5.74, 6) is 0.490. The Balaban J connectivity index is 1.69. The third-order valence-corrected chi connectivity index (χ3v) is 6.25. The van der Waals surface area contributed by atoms with E-state index in [0.29, 0.717) is 6.42 Å². The zero-order chi connectivity index (χ0) is 16.4. The van der Waals surface area contributed by atoms with Crippen LogP contribution in [0.4, 0.5) is 0 Å². The predicted molar refractivity (Wildman–Crippen MR) is 91.0 cm³/mol. The van der Waals surface area contributed by atoms with Crippen LogP contribution in [0.1, 0.15) is 35.0 Å². The van der Waals surface area contributed by atoms with E-state index in [1.54, 1.807) is 0 Å². The zero-order valence-electron chi connectivity index (χ0n) is 13.6. The molecule has 6 heteroatoms. The standard InChI is InChI=1S/C17H23N3O2S/c1-13-17(11-18-10-15-6-4-3-5-7-15)14(2)20(19-13)16-8-9-23(21,22)12-16/h3-7,16,18H,8-12H2,1-2H3.